The average Bonchev–Trinajstić information content (AvgIpc) is 3.16. The van der Waals surface area contributed by atoms with E-state index >= 15 is 0 Å². The monoisotopic (exact) mass is 738 g/mol. The summed E-state index contributed by atoms with van der Waals surface area (Å²) in [6.07, 6.45) is 2.82. The van der Waals surface area contributed by atoms with Crippen LogP contribution in [0.4, 0.5) is 0 Å². The van der Waals surface area contributed by atoms with Gasteiger partial charge in [0.15, 0.2) is 0 Å². The molecule has 1 fully saturated rings. The molecular weight excluding hydrogens is 680 g/mol. The first-order valence-electron chi connectivity index (χ1n) is 18.7. The van der Waals surface area contributed by atoms with Crippen molar-refractivity contribution in [1.82, 2.24) is 26.6 Å². The van der Waals surface area contributed by atoms with Gasteiger partial charge in [0.25, 0.3) is 0 Å². The number of hydrogen-bond acceptors (Lipinski definition) is 11. The molecule has 1 aliphatic heterocycles. The van der Waals surface area contributed by atoms with Gasteiger partial charge in [0.2, 0.25) is 17.7 Å². The molecule has 1 heterocycles. The van der Waals surface area contributed by atoms with Crippen molar-refractivity contribution >= 4 is 29.7 Å². The van der Waals surface area contributed by atoms with Crippen LogP contribution in [0.15, 0.2) is 60.7 Å². The van der Waals surface area contributed by atoms with Crippen LogP contribution < -0.4 is 32.3 Å². The predicted octanol–water partition coefficient (Wildman–Crippen LogP) is 0.482. The zero-order valence-corrected chi connectivity index (χ0v) is 30.9. The van der Waals surface area contributed by atoms with E-state index in [-0.39, 0.29) is 44.8 Å². The fourth-order valence-corrected chi connectivity index (χ4v) is 6.07. The molecule has 0 saturated carbocycles. The number of aliphatic hydroxyl groups excluding tert-OH is 2. The number of aliphatic hydroxyl groups is 2. The second-order valence-corrected chi connectivity index (χ2v) is 14.1. The lowest BCUT2D eigenvalue weighted by Gasteiger charge is -2.27. The second kappa shape index (κ2) is 23.5. The average molecular weight is 739 g/mol. The summed E-state index contributed by atoms with van der Waals surface area (Å²) < 4.78 is 5.29. The summed E-state index contributed by atoms with van der Waals surface area (Å²) in [4.78, 5) is 67.3. The Morgan fingerprint density at radius 1 is 0.774 bits per heavy atom. The molecule has 9 N–H and O–H groups in total. The Morgan fingerprint density at radius 2 is 1.32 bits per heavy atom. The molecule has 1 saturated heterocycles. The largest absolute Gasteiger partial charge is 0.395 e. The van der Waals surface area contributed by atoms with Gasteiger partial charge in [-0.05, 0) is 81.6 Å². The van der Waals surface area contributed by atoms with Crippen LogP contribution in [0, 0.1) is 11.8 Å². The van der Waals surface area contributed by atoms with Gasteiger partial charge in [-0.2, -0.15) is 0 Å². The van der Waals surface area contributed by atoms with E-state index < -0.39 is 65.8 Å². The van der Waals surface area contributed by atoms with Crippen molar-refractivity contribution in [3.8, 4) is 0 Å². The van der Waals surface area contributed by atoms with Gasteiger partial charge in [-0.15, -0.1) is 0 Å². The number of piperidine rings is 1. The van der Waals surface area contributed by atoms with Crippen LogP contribution in [0.3, 0.4) is 0 Å². The lowest BCUT2D eigenvalue weighted by Crippen LogP contribution is -2.58. The van der Waals surface area contributed by atoms with Crippen LogP contribution in [-0.4, -0.2) is 103 Å². The van der Waals surface area contributed by atoms with Gasteiger partial charge in [0.1, 0.15) is 18.1 Å². The van der Waals surface area contributed by atoms with Gasteiger partial charge in [0, 0.05) is 6.42 Å². The minimum atomic E-state index is -1.18. The molecule has 53 heavy (non-hydrogen) atoms. The number of rotatable bonds is 22. The summed E-state index contributed by atoms with van der Waals surface area (Å²) in [5.74, 6) is -3.74. The van der Waals surface area contributed by atoms with Gasteiger partial charge < -0.3 is 47.3 Å². The first-order chi connectivity index (χ1) is 25.5. The molecule has 3 amide bonds. The third kappa shape index (κ3) is 15.7. The van der Waals surface area contributed by atoms with Crippen molar-refractivity contribution in [2.45, 2.75) is 95.4 Å². The number of ether oxygens (including phenoxy) is 1. The number of unbranched alkanes of at least 4 members (excludes halogenated alkanes) is 1. The minimum absolute atomic E-state index is 0.0449. The van der Waals surface area contributed by atoms with Gasteiger partial charge in [-0.25, -0.2) is 4.79 Å². The molecule has 0 bridgehead atoms. The maximum absolute atomic E-state index is 13.9. The maximum Gasteiger partial charge on any atom is 0.336 e. The molecule has 292 valence electrons. The molecule has 0 radical (unpaired) electrons. The highest BCUT2D eigenvalue weighted by atomic mass is 16.6. The lowest BCUT2D eigenvalue weighted by molar-refractivity contribution is -0.165. The van der Waals surface area contributed by atoms with Gasteiger partial charge in [0.05, 0.1) is 31.2 Å². The fourth-order valence-electron chi connectivity index (χ4n) is 6.07. The summed E-state index contributed by atoms with van der Waals surface area (Å²) >= 11 is 0. The van der Waals surface area contributed by atoms with Gasteiger partial charge in [-0.3, -0.25) is 19.2 Å². The van der Waals surface area contributed by atoms with E-state index in [2.05, 4.69) is 26.6 Å². The maximum atomic E-state index is 13.9. The zero-order valence-electron chi connectivity index (χ0n) is 30.9. The van der Waals surface area contributed by atoms with E-state index in [9.17, 15) is 34.2 Å². The SMILES string of the molecule is CC(C)C[C@@H](NC(=O)[C@@H](Cc1ccccc1)NC(=O)[C@H](N)Cc1ccccc1)C(=O)N[C@H](CCCCNC(CO)CO)C(=O)OC(=O)C1CCNCC1. The predicted molar refractivity (Wildman–Crippen MR) is 200 cm³/mol. The standard InChI is InChI=1S/C39H58N6O8/c1-26(2)21-33(45-37(50)34(23-28-13-7-4-8-14-28)44-35(48)31(40)22-27-11-5-3-6-12-27)36(49)43-32(15-9-10-18-42-30(24-46)25-47)39(52)53-38(51)29-16-19-41-20-17-29/h3-8,11-14,26,29-34,41-42,46-47H,9-10,15-25,40H2,1-2H3,(H,43,49)(H,44,48)(H,45,50)/t31-,32-,33-,34-/m1/s1. The van der Waals surface area contributed by atoms with Crippen molar-refractivity contribution in [3.63, 3.8) is 0 Å². The molecule has 14 nitrogen and oxygen atoms in total. The van der Waals surface area contributed by atoms with E-state index in [0.29, 0.717) is 45.3 Å². The smallest absolute Gasteiger partial charge is 0.336 e. The Kier molecular flexibility index (Phi) is 19.1. The number of carbonyl (C=O) groups is 5. The van der Waals surface area contributed by atoms with E-state index in [1.807, 2.05) is 74.5 Å². The molecule has 0 aliphatic carbocycles. The lowest BCUT2D eigenvalue weighted by atomic mass is 9.98. The molecule has 2 aromatic carbocycles. The van der Waals surface area contributed by atoms with Crippen molar-refractivity contribution in [2.75, 3.05) is 32.8 Å². The van der Waals surface area contributed by atoms with Crippen molar-refractivity contribution in [3.05, 3.63) is 71.8 Å². The second-order valence-electron chi connectivity index (χ2n) is 14.1. The van der Waals surface area contributed by atoms with Gasteiger partial charge >= 0.3 is 11.9 Å². The van der Waals surface area contributed by atoms with Crippen LogP contribution in [-0.2, 0) is 41.6 Å². The molecule has 0 aromatic heterocycles. The Hall–Kier alpha value is -4.21. The summed E-state index contributed by atoms with van der Waals surface area (Å²) in [6.45, 7) is 5.00. The number of esters is 2. The molecule has 0 spiro atoms. The van der Waals surface area contributed by atoms with Crippen LogP contribution >= 0.6 is 0 Å². The topological polar surface area (TPSA) is 221 Å². The molecule has 4 atom stereocenters. The number of nitrogens with one attached hydrogen (secondary N) is 5. The Labute approximate surface area is 312 Å². The molecule has 3 rings (SSSR count). The number of amides is 3. The van der Waals surface area contributed by atoms with Crippen molar-refractivity contribution < 1.29 is 38.9 Å². The first kappa shape index (κ1) is 43.2. The first-order valence-corrected chi connectivity index (χ1v) is 18.7. The summed E-state index contributed by atoms with van der Waals surface area (Å²) in [6, 6.07) is 13.7. The van der Waals surface area contributed by atoms with Crippen molar-refractivity contribution in [1.29, 1.82) is 0 Å². The third-order valence-electron chi connectivity index (χ3n) is 9.16. The number of carbonyl (C=O) groups excluding carboxylic acids is 5. The number of nitrogens with two attached hydrogens (primary N) is 1. The minimum Gasteiger partial charge on any atom is -0.395 e. The summed E-state index contributed by atoms with van der Waals surface area (Å²) in [5.41, 5.74) is 7.91. The highest BCUT2D eigenvalue weighted by Crippen LogP contribution is 2.16. The Morgan fingerprint density at radius 3 is 1.91 bits per heavy atom. The molecule has 0 unspecified atom stereocenters. The highest BCUT2D eigenvalue weighted by Gasteiger charge is 2.33. The molecule has 2 aromatic rings. The Balaban J connectivity index is 1.75. The molecule has 14 heteroatoms. The summed E-state index contributed by atoms with van der Waals surface area (Å²) in [7, 11) is 0. The zero-order chi connectivity index (χ0) is 38.6. The third-order valence-corrected chi connectivity index (χ3v) is 9.16. The highest BCUT2D eigenvalue weighted by molar-refractivity contribution is 5.96. The van der Waals surface area contributed by atoms with E-state index in [1.165, 1.54) is 0 Å². The van der Waals surface area contributed by atoms with Crippen LogP contribution in [0.2, 0.25) is 0 Å². The number of hydrogen-bond donors (Lipinski definition) is 8. The van der Waals surface area contributed by atoms with Crippen LogP contribution in [0.5, 0.6) is 0 Å². The quantitative estimate of drug-likeness (QED) is 0.0472. The van der Waals surface area contributed by atoms with Crippen LogP contribution in [0.25, 0.3) is 0 Å². The van der Waals surface area contributed by atoms with E-state index in [1.54, 1.807) is 0 Å². The number of benzene rings is 2. The fraction of sp³-hybridized carbons (Fsp3) is 0.564. The van der Waals surface area contributed by atoms with Gasteiger partial charge in [-0.1, -0.05) is 74.5 Å². The molecular formula is C39H58N6O8. The Bertz CT molecular complexity index is 1420. The van der Waals surface area contributed by atoms with E-state index in [0.717, 1.165) is 11.1 Å². The summed E-state index contributed by atoms with van der Waals surface area (Å²) in [5, 5.41) is 33.1. The molecule has 1 aliphatic rings. The van der Waals surface area contributed by atoms with Crippen molar-refractivity contribution in [2.24, 2.45) is 17.6 Å². The normalized spacial score (nSPS) is 15.6. The van der Waals surface area contributed by atoms with Crippen LogP contribution in [0.1, 0.15) is 63.5 Å². The van der Waals surface area contributed by atoms with E-state index in [4.69, 9.17) is 10.5 Å².